The van der Waals surface area contributed by atoms with E-state index in [0.29, 0.717) is 0 Å². The molecule has 0 aromatic carbocycles. The predicted molar refractivity (Wildman–Crippen MR) is 66.9 cm³/mol. The van der Waals surface area contributed by atoms with Gasteiger partial charge in [0.15, 0.2) is 4.96 Å². The van der Waals surface area contributed by atoms with Gasteiger partial charge in [-0.1, -0.05) is 6.42 Å². The lowest BCUT2D eigenvalue weighted by Crippen LogP contribution is -2.27. The SMILES string of the molecule is Cc1nc2sccn2c1CNCC1CCC1. The second-order valence-corrected chi connectivity index (χ2v) is 5.50. The molecule has 4 heteroatoms. The molecule has 0 atom stereocenters. The highest BCUT2D eigenvalue weighted by Gasteiger charge is 2.17. The molecule has 1 fully saturated rings. The van der Waals surface area contributed by atoms with Crippen molar-refractivity contribution in [3.8, 4) is 0 Å². The van der Waals surface area contributed by atoms with Crippen LogP contribution in [0.2, 0.25) is 0 Å². The highest BCUT2D eigenvalue weighted by Crippen LogP contribution is 2.25. The fraction of sp³-hybridized carbons (Fsp3) is 0.583. The van der Waals surface area contributed by atoms with Gasteiger partial charge in [-0.2, -0.15) is 0 Å². The van der Waals surface area contributed by atoms with Gasteiger partial charge in [-0.05, 0) is 32.2 Å². The number of aryl methyl sites for hydroxylation is 1. The van der Waals surface area contributed by atoms with Crippen LogP contribution >= 0.6 is 11.3 Å². The summed E-state index contributed by atoms with van der Waals surface area (Å²) in [6.07, 6.45) is 6.35. The molecule has 0 saturated heterocycles. The van der Waals surface area contributed by atoms with E-state index in [2.05, 4.69) is 33.2 Å². The zero-order valence-electron chi connectivity index (χ0n) is 9.57. The first kappa shape index (κ1) is 10.3. The van der Waals surface area contributed by atoms with E-state index >= 15 is 0 Å². The van der Waals surface area contributed by atoms with Gasteiger partial charge < -0.3 is 5.32 Å². The molecule has 2 aromatic heterocycles. The number of fused-ring (bicyclic) bond motifs is 1. The van der Waals surface area contributed by atoms with Gasteiger partial charge in [0, 0.05) is 18.1 Å². The minimum absolute atomic E-state index is 0.922. The van der Waals surface area contributed by atoms with Crippen molar-refractivity contribution in [2.75, 3.05) is 6.54 Å². The third kappa shape index (κ3) is 1.76. The number of nitrogens with zero attached hydrogens (tertiary/aromatic N) is 2. The molecular weight excluding hydrogens is 218 g/mol. The van der Waals surface area contributed by atoms with Crippen molar-refractivity contribution in [1.82, 2.24) is 14.7 Å². The first-order valence-electron chi connectivity index (χ1n) is 5.96. The highest BCUT2D eigenvalue weighted by atomic mass is 32.1. The largest absolute Gasteiger partial charge is 0.311 e. The molecule has 3 nitrogen and oxygen atoms in total. The molecule has 86 valence electrons. The van der Waals surface area contributed by atoms with E-state index in [1.54, 1.807) is 11.3 Å². The van der Waals surface area contributed by atoms with E-state index in [0.717, 1.165) is 29.7 Å². The Morgan fingerprint density at radius 1 is 1.56 bits per heavy atom. The second-order valence-electron chi connectivity index (χ2n) is 4.63. The lowest BCUT2D eigenvalue weighted by molar-refractivity contribution is 0.301. The van der Waals surface area contributed by atoms with E-state index in [1.807, 2.05) is 0 Å². The van der Waals surface area contributed by atoms with Crippen LogP contribution in [0.4, 0.5) is 0 Å². The molecule has 0 spiro atoms. The topological polar surface area (TPSA) is 29.3 Å². The molecule has 3 rings (SSSR count). The zero-order chi connectivity index (χ0) is 11.0. The number of rotatable bonds is 4. The molecule has 16 heavy (non-hydrogen) atoms. The quantitative estimate of drug-likeness (QED) is 0.882. The summed E-state index contributed by atoms with van der Waals surface area (Å²) >= 11 is 1.70. The van der Waals surface area contributed by atoms with Gasteiger partial charge in [0.1, 0.15) is 0 Å². The van der Waals surface area contributed by atoms with E-state index < -0.39 is 0 Å². The molecule has 1 aliphatic carbocycles. The summed E-state index contributed by atoms with van der Waals surface area (Å²) < 4.78 is 2.20. The van der Waals surface area contributed by atoms with Crippen molar-refractivity contribution >= 4 is 16.3 Å². The zero-order valence-corrected chi connectivity index (χ0v) is 10.4. The predicted octanol–water partition coefficient (Wildman–Crippen LogP) is 2.59. The smallest absolute Gasteiger partial charge is 0.194 e. The van der Waals surface area contributed by atoms with Crippen LogP contribution in [-0.2, 0) is 6.54 Å². The number of thiazole rings is 1. The van der Waals surface area contributed by atoms with Crippen LogP contribution in [0.1, 0.15) is 30.7 Å². The lowest BCUT2D eigenvalue weighted by atomic mass is 9.85. The van der Waals surface area contributed by atoms with Crippen LogP contribution in [0.25, 0.3) is 4.96 Å². The number of hydrogen-bond donors (Lipinski definition) is 1. The van der Waals surface area contributed by atoms with Gasteiger partial charge in [0.2, 0.25) is 0 Å². The molecule has 1 aliphatic rings. The molecule has 0 amide bonds. The second kappa shape index (κ2) is 4.18. The van der Waals surface area contributed by atoms with E-state index in [1.165, 1.54) is 25.0 Å². The maximum absolute atomic E-state index is 4.55. The fourth-order valence-corrected chi connectivity index (χ4v) is 3.02. The normalized spacial score (nSPS) is 16.8. The summed E-state index contributed by atoms with van der Waals surface area (Å²) in [6, 6.07) is 0. The van der Waals surface area contributed by atoms with Crippen molar-refractivity contribution in [2.24, 2.45) is 5.92 Å². The lowest BCUT2D eigenvalue weighted by Gasteiger charge is -2.25. The standard InChI is InChI=1S/C12H17N3S/c1-9-11(8-13-7-10-3-2-4-10)15-5-6-16-12(15)14-9/h5-6,10,13H,2-4,7-8H2,1H3. The Morgan fingerprint density at radius 3 is 3.19 bits per heavy atom. The summed E-state index contributed by atoms with van der Waals surface area (Å²) in [4.78, 5) is 5.66. The Balaban J connectivity index is 1.67. The first-order chi connectivity index (χ1) is 7.84. The average molecular weight is 235 g/mol. The monoisotopic (exact) mass is 235 g/mol. The van der Waals surface area contributed by atoms with Gasteiger partial charge in [-0.3, -0.25) is 4.40 Å². The Morgan fingerprint density at radius 2 is 2.44 bits per heavy atom. The maximum Gasteiger partial charge on any atom is 0.194 e. The first-order valence-corrected chi connectivity index (χ1v) is 6.84. The summed E-state index contributed by atoms with van der Waals surface area (Å²) in [7, 11) is 0. The molecule has 0 aliphatic heterocycles. The van der Waals surface area contributed by atoms with Crippen LogP contribution < -0.4 is 5.32 Å². The molecule has 1 saturated carbocycles. The van der Waals surface area contributed by atoms with Crippen LogP contribution in [0.3, 0.4) is 0 Å². The Hall–Kier alpha value is -0.870. The van der Waals surface area contributed by atoms with Crippen LogP contribution in [-0.4, -0.2) is 15.9 Å². The van der Waals surface area contributed by atoms with E-state index in [-0.39, 0.29) is 0 Å². The van der Waals surface area contributed by atoms with Gasteiger partial charge in [-0.15, -0.1) is 11.3 Å². The Bertz CT molecular complexity index is 481. The molecule has 0 radical (unpaired) electrons. The molecule has 2 aromatic rings. The van der Waals surface area contributed by atoms with E-state index in [9.17, 15) is 0 Å². The summed E-state index contributed by atoms with van der Waals surface area (Å²) in [5.74, 6) is 0.922. The van der Waals surface area contributed by atoms with Gasteiger partial charge in [0.05, 0.1) is 11.4 Å². The van der Waals surface area contributed by atoms with Gasteiger partial charge in [0.25, 0.3) is 0 Å². The summed E-state index contributed by atoms with van der Waals surface area (Å²) in [5, 5.41) is 5.65. The number of nitrogens with one attached hydrogen (secondary N) is 1. The van der Waals surface area contributed by atoms with Crippen molar-refractivity contribution in [3.63, 3.8) is 0 Å². The molecular formula is C12H17N3S. The van der Waals surface area contributed by atoms with Gasteiger partial charge in [-0.25, -0.2) is 4.98 Å². The van der Waals surface area contributed by atoms with Crippen molar-refractivity contribution in [3.05, 3.63) is 23.0 Å². The molecule has 1 N–H and O–H groups in total. The number of hydrogen-bond acceptors (Lipinski definition) is 3. The minimum atomic E-state index is 0.922. The highest BCUT2D eigenvalue weighted by molar-refractivity contribution is 7.15. The third-order valence-corrected chi connectivity index (χ3v) is 4.27. The Labute approximate surface area is 99.5 Å². The number of aromatic nitrogens is 2. The van der Waals surface area contributed by atoms with Crippen LogP contribution in [0.15, 0.2) is 11.6 Å². The average Bonchev–Trinajstić information content (AvgIpc) is 2.72. The maximum atomic E-state index is 4.55. The molecule has 2 heterocycles. The summed E-state index contributed by atoms with van der Waals surface area (Å²) in [5.41, 5.74) is 2.48. The third-order valence-electron chi connectivity index (χ3n) is 3.51. The fourth-order valence-electron chi connectivity index (χ4n) is 2.25. The van der Waals surface area contributed by atoms with Crippen molar-refractivity contribution < 1.29 is 0 Å². The van der Waals surface area contributed by atoms with E-state index in [4.69, 9.17) is 0 Å². The van der Waals surface area contributed by atoms with Crippen molar-refractivity contribution in [2.45, 2.75) is 32.7 Å². The van der Waals surface area contributed by atoms with Gasteiger partial charge >= 0.3 is 0 Å². The summed E-state index contributed by atoms with van der Waals surface area (Å²) in [6.45, 7) is 4.21. The molecule has 0 unspecified atom stereocenters. The van der Waals surface area contributed by atoms with Crippen LogP contribution in [0.5, 0.6) is 0 Å². The Kier molecular flexibility index (Phi) is 2.69. The number of imidazole rings is 1. The molecule has 0 bridgehead atoms. The van der Waals surface area contributed by atoms with Crippen molar-refractivity contribution in [1.29, 1.82) is 0 Å². The minimum Gasteiger partial charge on any atom is -0.311 e. The van der Waals surface area contributed by atoms with Crippen LogP contribution in [0, 0.1) is 12.8 Å².